The largest absolute Gasteiger partial charge is 0.493 e. The summed E-state index contributed by atoms with van der Waals surface area (Å²) in [5.74, 6) is 0.787. The van der Waals surface area contributed by atoms with E-state index in [9.17, 15) is 13.2 Å². The topological polar surface area (TPSA) is 59.6 Å². The van der Waals surface area contributed by atoms with Crippen molar-refractivity contribution >= 4 is 5.96 Å². The first-order chi connectivity index (χ1) is 9.46. The quantitative estimate of drug-likeness (QED) is 0.663. The van der Waals surface area contributed by atoms with E-state index in [0.29, 0.717) is 13.0 Å². The van der Waals surface area contributed by atoms with E-state index in [1.807, 2.05) is 24.3 Å². The lowest BCUT2D eigenvalue weighted by Crippen LogP contribution is -2.37. The first kappa shape index (κ1) is 14.5. The molecule has 0 aromatic heterocycles. The van der Waals surface area contributed by atoms with E-state index in [1.165, 1.54) is 0 Å². The smallest absolute Gasteiger partial charge is 0.390 e. The van der Waals surface area contributed by atoms with Crippen molar-refractivity contribution in [2.24, 2.45) is 10.7 Å². The van der Waals surface area contributed by atoms with Gasteiger partial charge in [-0.25, -0.2) is 0 Å². The fourth-order valence-electron chi connectivity index (χ4n) is 2.02. The Hall–Kier alpha value is -1.92. The molecule has 1 unspecified atom stereocenters. The lowest BCUT2D eigenvalue weighted by Gasteiger charge is -2.26. The number of rotatable bonds is 3. The first-order valence-electron chi connectivity index (χ1n) is 6.30. The Bertz CT molecular complexity index is 488. The molecule has 1 aliphatic heterocycles. The molecule has 7 heteroatoms. The van der Waals surface area contributed by atoms with Gasteiger partial charge in [-0.05, 0) is 6.07 Å². The molecule has 2 rings (SSSR count). The summed E-state index contributed by atoms with van der Waals surface area (Å²) < 4.78 is 41.5. The third-order valence-corrected chi connectivity index (χ3v) is 2.96. The number of aliphatic imine (C=N–C) groups is 1. The molecule has 1 atom stereocenters. The van der Waals surface area contributed by atoms with Crippen molar-refractivity contribution in [3.63, 3.8) is 0 Å². The van der Waals surface area contributed by atoms with Crippen LogP contribution in [0.3, 0.4) is 0 Å². The van der Waals surface area contributed by atoms with Crippen LogP contribution in [0.5, 0.6) is 5.75 Å². The Kier molecular flexibility index (Phi) is 4.36. The van der Waals surface area contributed by atoms with Crippen molar-refractivity contribution in [3.8, 4) is 5.75 Å². The van der Waals surface area contributed by atoms with Gasteiger partial charge in [-0.15, -0.1) is 0 Å². The van der Waals surface area contributed by atoms with Gasteiger partial charge in [0, 0.05) is 12.0 Å². The van der Waals surface area contributed by atoms with Crippen molar-refractivity contribution in [2.75, 3.05) is 13.2 Å². The third-order valence-electron chi connectivity index (χ3n) is 2.96. The second-order valence-electron chi connectivity index (χ2n) is 4.50. The van der Waals surface area contributed by atoms with Crippen LogP contribution in [0.4, 0.5) is 13.2 Å². The Morgan fingerprint density at radius 3 is 2.90 bits per heavy atom. The Morgan fingerprint density at radius 2 is 2.15 bits per heavy atom. The van der Waals surface area contributed by atoms with E-state index in [4.69, 9.17) is 10.5 Å². The molecule has 0 aliphatic carbocycles. The highest BCUT2D eigenvalue weighted by atomic mass is 19.4. The van der Waals surface area contributed by atoms with E-state index in [0.717, 1.165) is 11.3 Å². The van der Waals surface area contributed by atoms with Gasteiger partial charge in [-0.2, -0.15) is 13.2 Å². The zero-order valence-corrected chi connectivity index (χ0v) is 10.8. The van der Waals surface area contributed by atoms with E-state index in [2.05, 4.69) is 10.3 Å². The molecule has 0 fully saturated rings. The summed E-state index contributed by atoms with van der Waals surface area (Å²) in [4.78, 5) is 3.70. The number of ether oxygens (including phenoxy) is 1. The van der Waals surface area contributed by atoms with Gasteiger partial charge in [0.15, 0.2) is 5.96 Å². The molecule has 0 radical (unpaired) electrons. The van der Waals surface area contributed by atoms with Gasteiger partial charge in [-0.3, -0.25) is 4.99 Å². The number of nitrogens with two attached hydrogens (primary N) is 1. The van der Waals surface area contributed by atoms with Gasteiger partial charge in [0.25, 0.3) is 0 Å². The van der Waals surface area contributed by atoms with Crippen LogP contribution >= 0.6 is 0 Å². The number of para-hydroxylation sites is 1. The molecule has 0 amide bonds. The summed E-state index contributed by atoms with van der Waals surface area (Å²) in [7, 11) is 0. The number of halogens is 3. The molecule has 0 saturated heterocycles. The third kappa shape index (κ3) is 4.04. The predicted octanol–water partition coefficient (Wildman–Crippen LogP) is 2.37. The average molecular weight is 287 g/mol. The number of fused-ring (bicyclic) bond motifs is 1. The summed E-state index contributed by atoms with van der Waals surface area (Å²) in [5.41, 5.74) is 6.56. The molecule has 20 heavy (non-hydrogen) atoms. The minimum atomic E-state index is -4.21. The van der Waals surface area contributed by atoms with Crippen LogP contribution < -0.4 is 15.8 Å². The lowest BCUT2D eigenvalue weighted by molar-refractivity contribution is -0.132. The second-order valence-corrected chi connectivity index (χ2v) is 4.50. The van der Waals surface area contributed by atoms with Crippen molar-refractivity contribution in [2.45, 2.75) is 25.1 Å². The Balaban J connectivity index is 1.95. The molecular formula is C13H16F3N3O. The summed E-state index contributed by atoms with van der Waals surface area (Å²) in [5, 5.41) is 2.94. The normalized spacial score (nSPS) is 19.1. The van der Waals surface area contributed by atoms with E-state index < -0.39 is 12.6 Å². The summed E-state index contributed by atoms with van der Waals surface area (Å²) in [6, 6.07) is 7.39. The Morgan fingerprint density at radius 1 is 1.40 bits per heavy atom. The van der Waals surface area contributed by atoms with Crippen LogP contribution in [-0.4, -0.2) is 25.3 Å². The molecule has 1 aliphatic rings. The molecule has 0 spiro atoms. The predicted molar refractivity (Wildman–Crippen MR) is 69.6 cm³/mol. The molecule has 1 aromatic rings. The van der Waals surface area contributed by atoms with Gasteiger partial charge >= 0.3 is 6.18 Å². The summed E-state index contributed by atoms with van der Waals surface area (Å²) in [6.45, 7) is 0.164. The highest BCUT2D eigenvalue weighted by Gasteiger charge is 2.26. The van der Waals surface area contributed by atoms with Crippen LogP contribution in [0.25, 0.3) is 0 Å². The minimum Gasteiger partial charge on any atom is -0.493 e. The fraction of sp³-hybridized carbons (Fsp3) is 0.462. The zero-order chi connectivity index (χ0) is 14.6. The van der Waals surface area contributed by atoms with Crippen LogP contribution in [0.1, 0.15) is 24.4 Å². The van der Waals surface area contributed by atoms with Gasteiger partial charge in [0.05, 0.1) is 25.6 Å². The van der Waals surface area contributed by atoms with Crippen LogP contribution in [0.15, 0.2) is 29.3 Å². The van der Waals surface area contributed by atoms with E-state index in [-0.39, 0.29) is 18.5 Å². The molecule has 0 saturated carbocycles. The minimum absolute atomic E-state index is 0.0240. The number of hydrogen-bond acceptors (Lipinski definition) is 2. The highest BCUT2D eigenvalue weighted by molar-refractivity contribution is 5.78. The molecule has 0 bridgehead atoms. The fourth-order valence-corrected chi connectivity index (χ4v) is 2.02. The summed E-state index contributed by atoms with van der Waals surface area (Å²) >= 11 is 0. The van der Waals surface area contributed by atoms with Gasteiger partial charge in [-0.1, -0.05) is 18.2 Å². The van der Waals surface area contributed by atoms with Crippen molar-refractivity contribution < 1.29 is 17.9 Å². The molecular weight excluding hydrogens is 271 g/mol. The number of nitrogens with one attached hydrogen (secondary N) is 1. The maximum atomic E-state index is 12.0. The molecule has 110 valence electrons. The van der Waals surface area contributed by atoms with Crippen LogP contribution in [-0.2, 0) is 0 Å². The maximum Gasteiger partial charge on any atom is 0.390 e. The van der Waals surface area contributed by atoms with Crippen molar-refractivity contribution in [1.29, 1.82) is 0 Å². The highest BCUT2D eigenvalue weighted by Crippen LogP contribution is 2.31. The Labute approximate surface area is 114 Å². The van der Waals surface area contributed by atoms with Crippen LogP contribution in [0, 0.1) is 0 Å². The van der Waals surface area contributed by atoms with E-state index in [1.54, 1.807) is 0 Å². The molecule has 4 nitrogen and oxygen atoms in total. The molecule has 1 aromatic carbocycles. The van der Waals surface area contributed by atoms with Crippen LogP contribution in [0.2, 0.25) is 0 Å². The second kappa shape index (κ2) is 6.02. The standard InChI is InChI=1S/C13H16F3N3O/c14-13(15,16)6-7-18-12(17)19-10-5-8-20-11-4-2-1-3-9(10)11/h1-4,10H,5-8H2,(H3,17,18,19). The monoisotopic (exact) mass is 287 g/mol. The zero-order valence-electron chi connectivity index (χ0n) is 10.8. The first-order valence-corrected chi connectivity index (χ1v) is 6.30. The number of nitrogens with zero attached hydrogens (tertiary/aromatic N) is 1. The number of guanidine groups is 1. The van der Waals surface area contributed by atoms with Gasteiger partial charge in [0.2, 0.25) is 0 Å². The molecule has 1 heterocycles. The summed E-state index contributed by atoms with van der Waals surface area (Å²) in [6.07, 6.45) is -4.50. The molecule has 3 N–H and O–H groups in total. The van der Waals surface area contributed by atoms with Crippen molar-refractivity contribution in [1.82, 2.24) is 5.32 Å². The van der Waals surface area contributed by atoms with Crippen molar-refractivity contribution in [3.05, 3.63) is 29.8 Å². The van der Waals surface area contributed by atoms with E-state index >= 15 is 0 Å². The lowest BCUT2D eigenvalue weighted by atomic mass is 10.0. The SMILES string of the molecule is NC(=NCCC(F)(F)F)NC1CCOc2ccccc21. The number of benzene rings is 1. The van der Waals surface area contributed by atoms with Gasteiger partial charge in [0.1, 0.15) is 5.75 Å². The number of hydrogen-bond donors (Lipinski definition) is 2. The number of alkyl halides is 3. The van der Waals surface area contributed by atoms with Gasteiger partial charge < -0.3 is 15.8 Å². The average Bonchev–Trinajstić information content (AvgIpc) is 2.37. The maximum absolute atomic E-state index is 12.0.